The van der Waals surface area contributed by atoms with Crippen LogP contribution >= 0.6 is 11.6 Å². The standard InChI is InChI=1S/C27H25ClN4O3/c1-17-8-10-22(14-18(17)2)30-25(33)24-16-20-15-21(28)9-11-23(20)32(24)31-27(35)26(34)29-13-12-19-6-4-3-5-7-19/h3-11,14-16H,12-13H2,1-2H3,(H,29,34)(H,30,33)(H,31,35). The number of fused-ring (bicyclic) bond motifs is 1. The number of hydrogen-bond acceptors (Lipinski definition) is 3. The van der Waals surface area contributed by atoms with E-state index in [2.05, 4.69) is 16.1 Å². The molecule has 7 nitrogen and oxygen atoms in total. The van der Waals surface area contributed by atoms with E-state index >= 15 is 0 Å². The number of nitrogens with one attached hydrogen (secondary N) is 3. The molecule has 0 aliphatic heterocycles. The molecule has 0 unspecified atom stereocenters. The third kappa shape index (κ3) is 5.70. The lowest BCUT2D eigenvalue weighted by Gasteiger charge is -2.13. The summed E-state index contributed by atoms with van der Waals surface area (Å²) in [5.41, 5.74) is 7.06. The summed E-state index contributed by atoms with van der Waals surface area (Å²) in [6.45, 7) is 4.25. The van der Waals surface area contributed by atoms with E-state index < -0.39 is 17.7 Å². The second kappa shape index (κ2) is 10.4. The fraction of sp³-hybridized carbons (Fsp3) is 0.148. The van der Waals surface area contributed by atoms with Gasteiger partial charge in [0.05, 0.1) is 5.52 Å². The van der Waals surface area contributed by atoms with Crippen LogP contribution in [0.15, 0.2) is 72.8 Å². The molecule has 35 heavy (non-hydrogen) atoms. The number of aryl methyl sites for hydroxylation is 2. The van der Waals surface area contributed by atoms with Gasteiger partial charge in [0, 0.05) is 22.6 Å². The van der Waals surface area contributed by atoms with Crippen molar-refractivity contribution in [2.45, 2.75) is 20.3 Å². The van der Waals surface area contributed by atoms with Crippen molar-refractivity contribution in [2.75, 3.05) is 17.3 Å². The second-order valence-corrected chi connectivity index (χ2v) is 8.69. The zero-order chi connectivity index (χ0) is 24.9. The monoisotopic (exact) mass is 488 g/mol. The van der Waals surface area contributed by atoms with Gasteiger partial charge in [-0.05, 0) is 73.4 Å². The van der Waals surface area contributed by atoms with Crippen LogP contribution < -0.4 is 16.1 Å². The van der Waals surface area contributed by atoms with Gasteiger partial charge in [-0.15, -0.1) is 0 Å². The molecule has 3 N–H and O–H groups in total. The highest BCUT2D eigenvalue weighted by atomic mass is 35.5. The zero-order valence-electron chi connectivity index (χ0n) is 19.4. The van der Waals surface area contributed by atoms with Crippen molar-refractivity contribution in [2.24, 2.45) is 0 Å². The van der Waals surface area contributed by atoms with E-state index in [1.54, 1.807) is 24.3 Å². The summed E-state index contributed by atoms with van der Waals surface area (Å²) >= 11 is 6.12. The Hall–Kier alpha value is -4.10. The van der Waals surface area contributed by atoms with E-state index in [9.17, 15) is 14.4 Å². The minimum absolute atomic E-state index is 0.158. The molecule has 0 radical (unpaired) electrons. The van der Waals surface area contributed by atoms with Gasteiger partial charge in [0.25, 0.3) is 5.91 Å². The zero-order valence-corrected chi connectivity index (χ0v) is 20.1. The second-order valence-electron chi connectivity index (χ2n) is 8.25. The molecule has 3 amide bonds. The Bertz CT molecular complexity index is 1410. The maximum absolute atomic E-state index is 13.1. The fourth-order valence-corrected chi connectivity index (χ4v) is 3.87. The Morgan fingerprint density at radius 1 is 0.857 bits per heavy atom. The number of nitrogens with zero attached hydrogens (tertiary/aromatic N) is 1. The number of anilines is 1. The van der Waals surface area contributed by atoms with Crippen molar-refractivity contribution >= 4 is 45.9 Å². The lowest BCUT2D eigenvalue weighted by atomic mass is 10.1. The molecule has 4 rings (SSSR count). The largest absolute Gasteiger partial charge is 0.347 e. The van der Waals surface area contributed by atoms with Gasteiger partial charge in [-0.2, -0.15) is 0 Å². The summed E-state index contributed by atoms with van der Waals surface area (Å²) < 4.78 is 1.31. The number of amides is 3. The normalized spacial score (nSPS) is 10.7. The van der Waals surface area contributed by atoms with Gasteiger partial charge in [-0.3, -0.25) is 19.8 Å². The Morgan fingerprint density at radius 3 is 2.37 bits per heavy atom. The molecule has 8 heteroatoms. The van der Waals surface area contributed by atoms with Gasteiger partial charge < -0.3 is 10.6 Å². The molecule has 0 saturated heterocycles. The average Bonchev–Trinajstić information content (AvgIpc) is 3.19. The van der Waals surface area contributed by atoms with Crippen LogP contribution in [-0.4, -0.2) is 28.9 Å². The van der Waals surface area contributed by atoms with Crippen molar-refractivity contribution in [1.82, 2.24) is 9.99 Å². The van der Waals surface area contributed by atoms with E-state index in [1.165, 1.54) is 4.68 Å². The minimum Gasteiger partial charge on any atom is -0.347 e. The van der Waals surface area contributed by atoms with Gasteiger partial charge in [0.1, 0.15) is 5.69 Å². The number of benzene rings is 3. The predicted molar refractivity (Wildman–Crippen MR) is 138 cm³/mol. The van der Waals surface area contributed by atoms with Crippen LogP contribution in [0.4, 0.5) is 5.69 Å². The van der Waals surface area contributed by atoms with E-state index in [0.29, 0.717) is 34.6 Å². The Kier molecular flexibility index (Phi) is 7.17. The van der Waals surface area contributed by atoms with Crippen LogP contribution in [-0.2, 0) is 16.0 Å². The highest BCUT2D eigenvalue weighted by Crippen LogP contribution is 2.24. The molecular weight excluding hydrogens is 464 g/mol. The molecule has 0 aliphatic rings. The summed E-state index contributed by atoms with van der Waals surface area (Å²) in [6.07, 6.45) is 0.592. The van der Waals surface area contributed by atoms with Crippen molar-refractivity contribution in [1.29, 1.82) is 0 Å². The highest BCUT2D eigenvalue weighted by molar-refractivity contribution is 6.38. The van der Waals surface area contributed by atoms with E-state index in [0.717, 1.165) is 16.7 Å². The number of hydrogen-bond donors (Lipinski definition) is 3. The average molecular weight is 489 g/mol. The smallest absolute Gasteiger partial charge is 0.328 e. The molecular formula is C27H25ClN4O3. The van der Waals surface area contributed by atoms with Gasteiger partial charge in [-0.25, -0.2) is 4.68 Å². The Labute approximate surface area is 208 Å². The Balaban J connectivity index is 1.53. The molecule has 178 valence electrons. The summed E-state index contributed by atoms with van der Waals surface area (Å²) in [7, 11) is 0. The molecule has 1 aromatic heterocycles. The molecule has 0 spiro atoms. The summed E-state index contributed by atoms with van der Waals surface area (Å²) in [5, 5.41) is 6.60. The molecule has 0 bridgehead atoms. The maximum Gasteiger partial charge on any atom is 0.328 e. The summed E-state index contributed by atoms with van der Waals surface area (Å²) in [6, 6.07) is 21.9. The molecule has 3 aromatic carbocycles. The lowest BCUT2D eigenvalue weighted by molar-refractivity contribution is -0.136. The number of carbonyl (C=O) groups excluding carboxylic acids is 3. The SMILES string of the molecule is Cc1ccc(NC(=O)c2cc3cc(Cl)ccc3n2NC(=O)C(=O)NCCc2ccccc2)cc1C. The number of halogens is 1. The quantitative estimate of drug-likeness (QED) is 0.346. The van der Waals surface area contributed by atoms with Crippen LogP contribution in [0.1, 0.15) is 27.2 Å². The van der Waals surface area contributed by atoms with Crippen LogP contribution in [0.3, 0.4) is 0 Å². The molecule has 0 fully saturated rings. The first kappa shape index (κ1) is 24.0. The van der Waals surface area contributed by atoms with Crippen LogP contribution in [0.25, 0.3) is 10.9 Å². The Morgan fingerprint density at radius 2 is 1.63 bits per heavy atom. The molecule has 0 aliphatic carbocycles. The first-order valence-electron chi connectivity index (χ1n) is 11.1. The van der Waals surface area contributed by atoms with Crippen molar-refractivity contribution in [3.05, 3.63) is 100 Å². The first-order chi connectivity index (χ1) is 16.8. The number of rotatable bonds is 6. The van der Waals surface area contributed by atoms with E-state index in [-0.39, 0.29) is 5.69 Å². The van der Waals surface area contributed by atoms with Gasteiger partial charge in [-0.1, -0.05) is 48.0 Å². The fourth-order valence-electron chi connectivity index (χ4n) is 3.69. The van der Waals surface area contributed by atoms with Gasteiger partial charge in [0.15, 0.2) is 0 Å². The van der Waals surface area contributed by atoms with Gasteiger partial charge >= 0.3 is 11.8 Å². The topological polar surface area (TPSA) is 92.2 Å². The first-order valence-corrected chi connectivity index (χ1v) is 11.5. The van der Waals surface area contributed by atoms with E-state index in [1.807, 2.05) is 62.4 Å². The predicted octanol–water partition coefficient (Wildman–Crippen LogP) is 4.59. The van der Waals surface area contributed by atoms with Crippen molar-refractivity contribution in [3.63, 3.8) is 0 Å². The maximum atomic E-state index is 13.1. The molecule has 4 aromatic rings. The third-order valence-electron chi connectivity index (χ3n) is 5.72. The van der Waals surface area contributed by atoms with Crippen molar-refractivity contribution in [3.8, 4) is 0 Å². The van der Waals surface area contributed by atoms with Crippen molar-refractivity contribution < 1.29 is 14.4 Å². The van der Waals surface area contributed by atoms with Crippen LogP contribution in [0.2, 0.25) is 5.02 Å². The molecule has 1 heterocycles. The molecule has 0 atom stereocenters. The minimum atomic E-state index is -0.884. The number of carbonyl (C=O) groups is 3. The number of aromatic nitrogens is 1. The summed E-state index contributed by atoms with van der Waals surface area (Å²) in [4.78, 5) is 38.3. The lowest BCUT2D eigenvalue weighted by Crippen LogP contribution is -2.40. The van der Waals surface area contributed by atoms with Crippen LogP contribution in [0, 0.1) is 13.8 Å². The highest BCUT2D eigenvalue weighted by Gasteiger charge is 2.21. The molecule has 0 saturated carbocycles. The van der Waals surface area contributed by atoms with Crippen LogP contribution in [0.5, 0.6) is 0 Å². The summed E-state index contributed by atoms with van der Waals surface area (Å²) in [5.74, 6) is -2.12. The van der Waals surface area contributed by atoms with E-state index in [4.69, 9.17) is 11.6 Å². The third-order valence-corrected chi connectivity index (χ3v) is 5.96. The van der Waals surface area contributed by atoms with Gasteiger partial charge in [0.2, 0.25) is 0 Å².